The summed E-state index contributed by atoms with van der Waals surface area (Å²) in [4.78, 5) is 24.9. The summed E-state index contributed by atoms with van der Waals surface area (Å²) in [5, 5.41) is 27.8. The number of hydrogen-bond donors (Lipinski definition) is 1. The summed E-state index contributed by atoms with van der Waals surface area (Å²) in [6.45, 7) is 1.59. The number of amides is 1. The summed E-state index contributed by atoms with van der Waals surface area (Å²) in [7, 11) is 0. The van der Waals surface area contributed by atoms with Crippen LogP contribution in [0, 0.1) is 17.0 Å². The first-order chi connectivity index (χ1) is 15.0. The number of rotatable bonds is 6. The van der Waals surface area contributed by atoms with Crippen molar-refractivity contribution < 1.29 is 9.72 Å². The average molecular weight is 432 g/mol. The molecule has 0 atom stereocenters. The minimum absolute atomic E-state index is 0.0750. The van der Waals surface area contributed by atoms with Gasteiger partial charge in [0.1, 0.15) is 5.70 Å². The topological polar surface area (TPSA) is 116 Å². The molecule has 0 bridgehead atoms. The second-order valence-corrected chi connectivity index (χ2v) is 7.47. The van der Waals surface area contributed by atoms with Gasteiger partial charge in [-0.05, 0) is 40.9 Å². The van der Waals surface area contributed by atoms with Crippen LogP contribution in [0.5, 0.6) is 0 Å². The fraction of sp³-hybridized carbons (Fsp3) is 0.0476. The van der Waals surface area contributed by atoms with Crippen molar-refractivity contribution in [3.63, 3.8) is 0 Å². The molecule has 0 radical (unpaired) electrons. The van der Waals surface area contributed by atoms with Crippen LogP contribution in [0.4, 0.5) is 11.4 Å². The van der Waals surface area contributed by atoms with Gasteiger partial charge in [-0.15, -0.1) is 16.4 Å². The van der Waals surface area contributed by atoms with Gasteiger partial charge < -0.3 is 5.32 Å². The fourth-order valence-corrected chi connectivity index (χ4v) is 3.64. The van der Waals surface area contributed by atoms with Crippen LogP contribution in [-0.4, -0.2) is 31.0 Å². The molecule has 154 valence electrons. The van der Waals surface area contributed by atoms with Gasteiger partial charge in [0.15, 0.2) is 5.82 Å². The van der Waals surface area contributed by atoms with Gasteiger partial charge in [-0.2, -0.15) is 4.68 Å². The first-order valence-corrected chi connectivity index (χ1v) is 10.1. The van der Waals surface area contributed by atoms with Crippen LogP contribution in [0.3, 0.4) is 0 Å². The van der Waals surface area contributed by atoms with E-state index >= 15 is 0 Å². The zero-order valence-corrected chi connectivity index (χ0v) is 17.1. The smallest absolute Gasteiger partial charge is 0.274 e. The zero-order chi connectivity index (χ0) is 21.8. The summed E-state index contributed by atoms with van der Waals surface area (Å²) in [5.41, 5.74) is 1.54. The number of anilines is 1. The molecule has 31 heavy (non-hydrogen) atoms. The van der Waals surface area contributed by atoms with Crippen molar-refractivity contribution in [3.8, 4) is 11.4 Å². The van der Waals surface area contributed by atoms with Crippen molar-refractivity contribution in [2.45, 2.75) is 6.92 Å². The molecule has 0 unspecified atom stereocenters. The van der Waals surface area contributed by atoms with E-state index in [2.05, 4.69) is 20.8 Å². The van der Waals surface area contributed by atoms with Crippen LogP contribution in [0.15, 0.2) is 66.0 Å². The van der Waals surface area contributed by atoms with Crippen molar-refractivity contribution in [2.24, 2.45) is 0 Å². The summed E-state index contributed by atoms with van der Waals surface area (Å²) < 4.78 is 1.36. The first-order valence-electron chi connectivity index (χ1n) is 9.19. The number of carbonyl (C=O) groups is 1. The molecule has 9 nitrogen and oxygen atoms in total. The van der Waals surface area contributed by atoms with Gasteiger partial charge in [0.2, 0.25) is 0 Å². The average Bonchev–Trinajstić information content (AvgIpc) is 3.46. The van der Waals surface area contributed by atoms with Crippen LogP contribution < -0.4 is 5.32 Å². The van der Waals surface area contributed by atoms with Gasteiger partial charge in [0.05, 0.1) is 16.2 Å². The highest BCUT2D eigenvalue weighted by Gasteiger charge is 2.21. The molecule has 0 spiro atoms. The predicted molar refractivity (Wildman–Crippen MR) is 118 cm³/mol. The van der Waals surface area contributed by atoms with E-state index in [0.717, 1.165) is 10.4 Å². The molecule has 2 aromatic heterocycles. The summed E-state index contributed by atoms with van der Waals surface area (Å²) >= 11 is 1.46. The molecular weight excluding hydrogens is 416 g/mol. The Balaban J connectivity index is 1.77. The van der Waals surface area contributed by atoms with Gasteiger partial charge in [0, 0.05) is 16.5 Å². The highest BCUT2D eigenvalue weighted by molar-refractivity contribution is 7.10. The van der Waals surface area contributed by atoms with Gasteiger partial charge >= 0.3 is 0 Å². The Bertz CT molecular complexity index is 1270. The van der Waals surface area contributed by atoms with Crippen molar-refractivity contribution in [3.05, 3.63) is 86.6 Å². The maximum Gasteiger partial charge on any atom is 0.274 e. The number of tetrazole rings is 1. The SMILES string of the molecule is Cc1c(NC(=O)/C(=C/c2cccs2)n2nnnc2-c2ccccc2)cccc1[N+](=O)[O-]. The van der Waals surface area contributed by atoms with Crippen LogP contribution in [0.2, 0.25) is 0 Å². The standard InChI is InChI=1S/C21H16N6O3S/c1-14-17(10-5-11-18(14)27(29)30)22-21(28)19(13-16-9-6-12-31-16)26-20(23-24-25-26)15-7-3-2-4-8-15/h2-13H,1H3,(H,22,28)/b19-13-. The number of benzene rings is 2. The molecule has 2 aromatic carbocycles. The van der Waals surface area contributed by atoms with E-state index in [0.29, 0.717) is 17.1 Å². The molecule has 2 heterocycles. The van der Waals surface area contributed by atoms with Gasteiger partial charge in [0.25, 0.3) is 11.6 Å². The quantitative estimate of drug-likeness (QED) is 0.277. The molecule has 4 rings (SSSR count). The lowest BCUT2D eigenvalue weighted by Crippen LogP contribution is -2.20. The Morgan fingerprint density at radius 3 is 2.65 bits per heavy atom. The summed E-state index contributed by atoms with van der Waals surface area (Å²) in [6, 6.07) is 17.5. The lowest BCUT2D eigenvalue weighted by molar-refractivity contribution is -0.385. The number of aromatic nitrogens is 4. The molecule has 4 aromatic rings. The van der Waals surface area contributed by atoms with E-state index in [-0.39, 0.29) is 11.4 Å². The third kappa shape index (κ3) is 4.23. The normalized spacial score (nSPS) is 11.3. The highest BCUT2D eigenvalue weighted by atomic mass is 32.1. The van der Waals surface area contributed by atoms with E-state index in [1.165, 1.54) is 28.2 Å². The molecule has 0 saturated carbocycles. The molecular formula is C21H16N6O3S. The second-order valence-electron chi connectivity index (χ2n) is 6.49. The zero-order valence-electron chi connectivity index (χ0n) is 16.3. The van der Waals surface area contributed by atoms with E-state index in [4.69, 9.17) is 0 Å². The summed E-state index contributed by atoms with van der Waals surface area (Å²) in [6.07, 6.45) is 1.68. The molecule has 1 N–H and O–H groups in total. The highest BCUT2D eigenvalue weighted by Crippen LogP contribution is 2.27. The molecule has 1 amide bonds. The van der Waals surface area contributed by atoms with Crippen LogP contribution >= 0.6 is 11.3 Å². The van der Waals surface area contributed by atoms with Crippen LogP contribution in [0.25, 0.3) is 23.2 Å². The van der Waals surface area contributed by atoms with Crippen LogP contribution in [-0.2, 0) is 4.79 Å². The third-order valence-corrected chi connectivity index (χ3v) is 5.35. The Kier molecular flexibility index (Phi) is 5.63. The maximum absolute atomic E-state index is 13.3. The van der Waals surface area contributed by atoms with E-state index in [1.54, 1.807) is 19.1 Å². The van der Waals surface area contributed by atoms with Crippen LogP contribution in [0.1, 0.15) is 10.4 Å². The number of carbonyl (C=O) groups excluding carboxylic acids is 1. The molecule has 10 heteroatoms. The monoisotopic (exact) mass is 432 g/mol. The minimum Gasteiger partial charge on any atom is -0.320 e. The third-order valence-electron chi connectivity index (χ3n) is 4.53. The van der Waals surface area contributed by atoms with Gasteiger partial charge in [-0.25, -0.2) is 0 Å². The number of thiophene rings is 1. The Hall–Kier alpha value is -4.18. The molecule has 0 aliphatic carbocycles. The first kappa shape index (κ1) is 20.1. The van der Waals surface area contributed by atoms with Crippen molar-refractivity contribution in [2.75, 3.05) is 5.32 Å². The number of nitro benzene ring substituents is 1. The Morgan fingerprint density at radius 2 is 1.94 bits per heavy atom. The molecule has 0 aliphatic rings. The largest absolute Gasteiger partial charge is 0.320 e. The van der Waals surface area contributed by atoms with E-state index in [9.17, 15) is 14.9 Å². The minimum atomic E-state index is -0.499. The second kappa shape index (κ2) is 8.67. The van der Waals surface area contributed by atoms with Gasteiger partial charge in [-0.3, -0.25) is 14.9 Å². The molecule has 0 fully saturated rings. The number of nitrogens with zero attached hydrogens (tertiary/aromatic N) is 5. The predicted octanol–water partition coefficient (Wildman–Crippen LogP) is 4.26. The van der Waals surface area contributed by atoms with Crippen molar-refractivity contribution in [1.82, 2.24) is 20.2 Å². The lowest BCUT2D eigenvalue weighted by atomic mass is 10.1. The number of nitrogens with one attached hydrogen (secondary N) is 1. The van der Waals surface area contributed by atoms with Crippen molar-refractivity contribution >= 4 is 40.4 Å². The maximum atomic E-state index is 13.3. The summed E-state index contributed by atoms with van der Waals surface area (Å²) in [5.74, 6) is -0.101. The van der Waals surface area contributed by atoms with E-state index < -0.39 is 10.8 Å². The molecule has 0 aliphatic heterocycles. The Labute approximate surface area is 180 Å². The lowest BCUT2D eigenvalue weighted by Gasteiger charge is -2.12. The van der Waals surface area contributed by atoms with E-state index in [1.807, 2.05) is 47.8 Å². The number of nitro groups is 1. The Morgan fingerprint density at radius 1 is 1.13 bits per heavy atom. The van der Waals surface area contributed by atoms with Gasteiger partial charge in [-0.1, -0.05) is 42.5 Å². The fourth-order valence-electron chi connectivity index (χ4n) is 2.99. The molecule has 0 saturated heterocycles. The van der Waals surface area contributed by atoms with Crippen molar-refractivity contribution in [1.29, 1.82) is 0 Å². The number of hydrogen-bond acceptors (Lipinski definition) is 7.